The van der Waals surface area contributed by atoms with Crippen molar-refractivity contribution in [3.05, 3.63) is 63.6 Å². The van der Waals surface area contributed by atoms with Crippen LogP contribution in [0.25, 0.3) is 0 Å². The van der Waals surface area contributed by atoms with E-state index >= 15 is 0 Å². The van der Waals surface area contributed by atoms with Gasteiger partial charge in [0, 0.05) is 4.47 Å². The number of halogens is 3. The first kappa shape index (κ1) is 14.5. The van der Waals surface area contributed by atoms with E-state index in [0.29, 0.717) is 10.4 Å². The Morgan fingerprint density at radius 2 is 1.67 bits per heavy atom. The molecule has 110 valence electrons. The fourth-order valence-electron chi connectivity index (χ4n) is 2.51. The third-order valence-corrected chi connectivity index (χ3v) is 4.29. The maximum atomic E-state index is 14.0. The quantitative estimate of drug-likeness (QED) is 0.755. The zero-order chi connectivity index (χ0) is 15.0. The number of anilines is 1. The largest absolute Gasteiger partial charge is 0.373 e. The molecule has 1 fully saturated rings. The monoisotopic (exact) mass is 351 g/mol. The van der Waals surface area contributed by atoms with Gasteiger partial charge in [-0.1, -0.05) is 45.8 Å². The average molecular weight is 352 g/mol. The second-order valence-corrected chi connectivity index (χ2v) is 6.53. The Morgan fingerprint density at radius 3 is 2.19 bits per heavy atom. The summed E-state index contributed by atoms with van der Waals surface area (Å²) in [6, 6.07) is 10.6. The van der Waals surface area contributed by atoms with Gasteiger partial charge in [-0.05, 0) is 43.4 Å². The minimum Gasteiger partial charge on any atom is -0.373 e. The van der Waals surface area contributed by atoms with Crippen LogP contribution in [0.4, 0.5) is 14.5 Å². The molecular formula is C17H16BrF2N. The van der Waals surface area contributed by atoms with Gasteiger partial charge >= 0.3 is 0 Å². The second kappa shape index (κ2) is 5.76. The van der Waals surface area contributed by atoms with Crippen molar-refractivity contribution < 1.29 is 8.78 Å². The molecular weight excluding hydrogens is 336 g/mol. The van der Waals surface area contributed by atoms with Crippen LogP contribution in [0.5, 0.6) is 0 Å². The summed E-state index contributed by atoms with van der Waals surface area (Å²) in [7, 11) is 0. The van der Waals surface area contributed by atoms with Gasteiger partial charge in [0.15, 0.2) is 0 Å². The van der Waals surface area contributed by atoms with Gasteiger partial charge in [-0.2, -0.15) is 0 Å². The van der Waals surface area contributed by atoms with Crippen molar-refractivity contribution in [2.75, 3.05) is 5.32 Å². The molecule has 1 unspecified atom stereocenters. The predicted octanol–water partition coefficient (Wildman–Crippen LogP) is 5.60. The number of aryl methyl sites for hydroxylation is 1. The first-order valence-electron chi connectivity index (χ1n) is 7.02. The van der Waals surface area contributed by atoms with Crippen molar-refractivity contribution in [2.45, 2.75) is 25.8 Å². The summed E-state index contributed by atoms with van der Waals surface area (Å²) in [4.78, 5) is 0. The van der Waals surface area contributed by atoms with Crippen LogP contribution in [0.3, 0.4) is 0 Å². The number of benzene rings is 2. The molecule has 0 radical (unpaired) electrons. The van der Waals surface area contributed by atoms with E-state index in [-0.39, 0.29) is 11.7 Å². The SMILES string of the molecule is Cc1ccc(C(Nc2c(F)cc(Br)cc2F)C2CC2)cc1. The Bertz CT molecular complexity index is 627. The van der Waals surface area contributed by atoms with Crippen molar-refractivity contribution in [3.8, 4) is 0 Å². The molecule has 2 aromatic carbocycles. The third-order valence-electron chi connectivity index (χ3n) is 3.84. The molecule has 0 bridgehead atoms. The Hall–Kier alpha value is -1.42. The Kier molecular flexibility index (Phi) is 3.98. The van der Waals surface area contributed by atoms with E-state index < -0.39 is 11.6 Å². The Morgan fingerprint density at radius 1 is 1.10 bits per heavy atom. The third kappa shape index (κ3) is 3.26. The van der Waals surface area contributed by atoms with E-state index in [0.717, 1.165) is 18.4 Å². The van der Waals surface area contributed by atoms with Crippen molar-refractivity contribution in [2.24, 2.45) is 5.92 Å². The van der Waals surface area contributed by atoms with Crippen LogP contribution in [-0.2, 0) is 0 Å². The number of hydrogen-bond acceptors (Lipinski definition) is 1. The van der Waals surface area contributed by atoms with E-state index in [2.05, 4.69) is 21.2 Å². The maximum Gasteiger partial charge on any atom is 0.150 e. The van der Waals surface area contributed by atoms with Crippen LogP contribution < -0.4 is 5.32 Å². The zero-order valence-corrected chi connectivity index (χ0v) is 13.3. The highest BCUT2D eigenvalue weighted by Gasteiger charge is 2.33. The molecule has 2 aromatic rings. The maximum absolute atomic E-state index is 14.0. The fraction of sp³-hybridized carbons (Fsp3) is 0.294. The molecule has 1 atom stereocenters. The fourth-order valence-corrected chi connectivity index (χ4v) is 2.91. The van der Waals surface area contributed by atoms with Gasteiger partial charge < -0.3 is 5.32 Å². The molecule has 0 amide bonds. The van der Waals surface area contributed by atoms with E-state index in [1.807, 2.05) is 31.2 Å². The summed E-state index contributed by atoms with van der Waals surface area (Å²) in [5.74, 6) is -0.700. The van der Waals surface area contributed by atoms with Crippen LogP contribution in [0.2, 0.25) is 0 Å². The average Bonchev–Trinajstić information content (AvgIpc) is 3.24. The van der Waals surface area contributed by atoms with Gasteiger partial charge in [-0.25, -0.2) is 8.78 Å². The van der Waals surface area contributed by atoms with Crippen LogP contribution in [0.15, 0.2) is 40.9 Å². The summed E-state index contributed by atoms with van der Waals surface area (Å²) in [5.41, 5.74) is 2.20. The van der Waals surface area contributed by atoms with Crippen molar-refractivity contribution in [1.82, 2.24) is 0 Å². The molecule has 3 rings (SSSR count). The highest BCUT2D eigenvalue weighted by molar-refractivity contribution is 9.10. The number of rotatable bonds is 4. The normalized spacial score (nSPS) is 15.8. The summed E-state index contributed by atoms with van der Waals surface area (Å²) >= 11 is 3.10. The van der Waals surface area contributed by atoms with Crippen molar-refractivity contribution in [3.63, 3.8) is 0 Å². The van der Waals surface area contributed by atoms with Gasteiger partial charge in [0.1, 0.15) is 17.3 Å². The van der Waals surface area contributed by atoms with Crippen LogP contribution in [0.1, 0.15) is 30.0 Å². The Balaban J connectivity index is 1.91. The lowest BCUT2D eigenvalue weighted by molar-refractivity contribution is 0.574. The van der Waals surface area contributed by atoms with Gasteiger partial charge in [0.2, 0.25) is 0 Å². The number of nitrogens with one attached hydrogen (secondary N) is 1. The topological polar surface area (TPSA) is 12.0 Å². The van der Waals surface area contributed by atoms with E-state index in [1.165, 1.54) is 17.7 Å². The molecule has 4 heteroatoms. The second-order valence-electron chi connectivity index (χ2n) is 5.61. The molecule has 0 aliphatic heterocycles. The summed E-state index contributed by atoms with van der Waals surface area (Å²) in [6.07, 6.45) is 2.18. The first-order chi connectivity index (χ1) is 10.0. The highest BCUT2D eigenvalue weighted by Crippen LogP contribution is 2.43. The van der Waals surface area contributed by atoms with Crippen LogP contribution >= 0.6 is 15.9 Å². The van der Waals surface area contributed by atoms with Crippen LogP contribution in [0, 0.1) is 24.5 Å². The summed E-state index contributed by atoms with van der Waals surface area (Å²) in [6.45, 7) is 2.03. The standard InChI is InChI=1S/C17H16BrF2N/c1-10-2-4-11(5-3-10)16(12-6-7-12)21-17-14(19)8-13(18)9-15(17)20/h2-5,8-9,12,16,21H,6-7H2,1H3. The molecule has 1 aliphatic carbocycles. The summed E-state index contributed by atoms with van der Waals surface area (Å²) in [5, 5.41) is 3.07. The minimum absolute atomic E-state index is 0.0456. The van der Waals surface area contributed by atoms with Crippen molar-refractivity contribution >= 4 is 21.6 Å². The lowest BCUT2D eigenvalue weighted by atomic mass is 10.0. The van der Waals surface area contributed by atoms with Gasteiger partial charge in [-0.3, -0.25) is 0 Å². The van der Waals surface area contributed by atoms with E-state index in [4.69, 9.17) is 0 Å². The van der Waals surface area contributed by atoms with Crippen LogP contribution in [-0.4, -0.2) is 0 Å². The molecule has 0 heterocycles. The molecule has 0 spiro atoms. The number of hydrogen-bond donors (Lipinski definition) is 1. The molecule has 1 saturated carbocycles. The van der Waals surface area contributed by atoms with E-state index in [9.17, 15) is 8.78 Å². The molecule has 1 N–H and O–H groups in total. The lowest BCUT2D eigenvalue weighted by Crippen LogP contribution is -2.15. The Labute approximate surface area is 131 Å². The molecule has 21 heavy (non-hydrogen) atoms. The molecule has 1 nitrogen and oxygen atoms in total. The highest BCUT2D eigenvalue weighted by atomic mass is 79.9. The van der Waals surface area contributed by atoms with Gasteiger partial charge in [0.25, 0.3) is 0 Å². The zero-order valence-electron chi connectivity index (χ0n) is 11.7. The van der Waals surface area contributed by atoms with Gasteiger partial charge in [-0.15, -0.1) is 0 Å². The first-order valence-corrected chi connectivity index (χ1v) is 7.81. The molecule has 0 aromatic heterocycles. The molecule has 1 aliphatic rings. The minimum atomic E-state index is -0.570. The smallest absolute Gasteiger partial charge is 0.150 e. The van der Waals surface area contributed by atoms with Crippen molar-refractivity contribution in [1.29, 1.82) is 0 Å². The van der Waals surface area contributed by atoms with E-state index in [1.54, 1.807) is 0 Å². The lowest BCUT2D eigenvalue weighted by Gasteiger charge is -2.21. The predicted molar refractivity (Wildman–Crippen MR) is 84.3 cm³/mol. The van der Waals surface area contributed by atoms with Gasteiger partial charge in [0.05, 0.1) is 6.04 Å². The molecule has 0 saturated heterocycles. The summed E-state index contributed by atoms with van der Waals surface area (Å²) < 4.78 is 28.4.